The van der Waals surface area contributed by atoms with E-state index in [1.807, 2.05) is 13.8 Å². The number of benzene rings is 1. The zero-order chi connectivity index (χ0) is 14.6. The highest BCUT2D eigenvalue weighted by atomic mass is 35.5. The highest BCUT2D eigenvalue weighted by Crippen LogP contribution is 2.38. The van der Waals surface area contributed by atoms with Crippen molar-refractivity contribution >= 4 is 17.3 Å². The van der Waals surface area contributed by atoms with E-state index in [0.29, 0.717) is 5.56 Å². The molecule has 0 amide bonds. The minimum absolute atomic E-state index is 0.0814. The molecule has 0 aromatic heterocycles. The van der Waals surface area contributed by atoms with E-state index >= 15 is 0 Å². The van der Waals surface area contributed by atoms with Crippen molar-refractivity contribution in [1.82, 2.24) is 0 Å². The van der Waals surface area contributed by atoms with Gasteiger partial charge in [0.15, 0.2) is 0 Å². The lowest BCUT2D eigenvalue weighted by atomic mass is 10.0. The summed E-state index contributed by atoms with van der Waals surface area (Å²) < 4.78 is 39.4. The molecule has 0 aliphatic heterocycles. The van der Waals surface area contributed by atoms with Gasteiger partial charge < -0.3 is 4.90 Å². The molecule has 1 aromatic carbocycles. The van der Waals surface area contributed by atoms with E-state index in [1.165, 1.54) is 6.07 Å². The van der Waals surface area contributed by atoms with Crippen molar-refractivity contribution < 1.29 is 13.2 Å². The van der Waals surface area contributed by atoms with Crippen LogP contribution in [0.3, 0.4) is 0 Å². The molecule has 0 heterocycles. The summed E-state index contributed by atoms with van der Waals surface area (Å²) in [4.78, 5) is 1.71. The summed E-state index contributed by atoms with van der Waals surface area (Å²) in [6.45, 7) is 3.95. The smallest absolute Gasteiger partial charge is 0.371 e. The lowest BCUT2D eigenvalue weighted by Crippen LogP contribution is -2.32. The number of hydrogen-bond acceptors (Lipinski definition) is 1. The van der Waals surface area contributed by atoms with Gasteiger partial charge >= 0.3 is 6.18 Å². The highest BCUT2D eigenvalue weighted by molar-refractivity contribution is 6.17. The first-order chi connectivity index (χ1) is 8.85. The van der Waals surface area contributed by atoms with Gasteiger partial charge in [-0.1, -0.05) is 19.9 Å². The third kappa shape index (κ3) is 3.78. The molecule has 0 radical (unpaired) electrons. The molecule has 0 aliphatic rings. The Labute approximate surface area is 117 Å². The molecule has 0 aliphatic carbocycles. The molecular formula is C14H19ClF3N. The van der Waals surface area contributed by atoms with Gasteiger partial charge in [-0.2, -0.15) is 13.2 Å². The third-order valence-corrected chi connectivity index (χ3v) is 3.70. The summed E-state index contributed by atoms with van der Waals surface area (Å²) in [5.41, 5.74) is 0.0887. The molecule has 0 fully saturated rings. The molecule has 0 spiro atoms. The van der Waals surface area contributed by atoms with Gasteiger partial charge in [0, 0.05) is 24.7 Å². The lowest BCUT2D eigenvalue weighted by Gasteiger charge is -2.31. The van der Waals surface area contributed by atoms with Gasteiger partial charge in [-0.05, 0) is 30.5 Å². The summed E-state index contributed by atoms with van der Waals surface area (Å²) in [6, 6.07) is 4.40. The molecule has 1 nitrogen and oxygen atoms in total. The Kier molecular flexibility index (Phi) is 5.53. The normalized spacial score (nSPS) is 12.0. The summed E-state index contributed by atoms with van der Waals surface area (Å²) >= 11 is 5.62. The van der Waals surface area contributed by atoms with Gasteiger partial charge in [-0.3, -0.25) is 0 Å². The first kappa shape index (κ1) is 16.2. The van der Waals surface area contributed by atoms with Crippen molar-refractivity contribution in [2.45, 2.75) is 44.8 Å². The van der Waals surface area contributed by atoms with Gasteiger partial charge in [0.2, 0.25) is 0 Å². The number of nitrogens with zero attached hydrogens (tertiary/aromatic N) is 1. The molecule has 5 heteroatoms. The number of rotatable bonds is 5. The SMILES string of the molecule is CCC(CC)N(C)c1ccc(CCl)cc1C(F)(F)F. The van der Waals surface area contributed by atoms with Crippen LogP contribution in [-0.4, -0.2) is 13.1 Å². The Morgan fingerprint density at radius 3 is 2.21 bits per heavy atom. The molecule has 0 unspecified atom stereocenters. The molecule has 1 rings (SSSR count). The molecule has 108 valence electrons. The molecule has 0 saturated heterocycles. The Morgan fingerprint density at radius 2 is 1.79 bits per heavy atom. The Balaban J connectivity index is 3.26. The first-order valence-corrected chi connectivity index (χ1v) is 6.87. The number of anilines is 1. The molecular weight excluding hydrogens is 275 g/mol. The number of alkyl halides is 4. The molecule has 0 atom stereocenters. The van der Waals surface area contributed by atoms with E-state index in [1.54, 1.807) is 18.0 Å². The second-order valence-electron chi connectivity index (χ2n) is 4.56. The van der Waals surface area contributed by atoms with E-state index in [0.717, 1.165) is 18.9 Å². The second-order valence-corrected chi connectivity index (χ2v) is 4.83. The van der Waals surface area contributed by atoms with Crippen LogP contribution >= 0.6 is 11.6 Å². The van der Waals surface area contributed by atoms with Crippen LogP contribution in [0.15, 0.2) is 18.2 Å². The predicted octanol–water partition coefficient (Wildman–Crippen LogP) is 5.07. The Bertz CT molecular complexity index is 414. The fourth-order valence-corrected chi connectivity index (χ4v) is 2.40. The summed E-state index contributed by atoms with van der Waals surface area (Å²) in [7, 11) is 1.71. The standard InChI is InChI=1S/C14H19ClF3N/c1-4-11(5-2)19(3)13-7-6-10(9-15)8-12(13)14(16,17)18/h6-8,11H,4-5,9H2,1-3H3. The molecule has 1 aromatic rings. The largest absolute Gasteiger partial charge is 0.418 e. The first-order valence-electron chi connectivity index (χ1n) is 6.34. The molecule has 0 saturated carbocycles. The maximum atomic E-state index is 13.1. The van der Waals surface area contributed by atoms with Crippen molar-refractivity contribution in [3.63, 3.8) is 0 Å². The highest BCUT2D eigenvalue weighted by Gasteiger charge is 2.35. The quantitative estimate of drug-likeness (QED) is 0.685. The summed E-state index contributed by atoms with van der Waals surface area (Å²) in [5, 5.41) is 0. The zero-order valence-corrected chi connectivity index (χ0v) is 12.1. The average Bonchev–Trinajstić information content (AvgIpc) is 2.38. The van der Waals surface area contributed by atoms with Crippen LogP contribution < -0.4 is 4.90 Å². The second kappa shape index (κ2) is 6.51. The monoisotopic (exact) mass is 293 g/mol. The number of halogens is 4. The van der Waals surface area contributed by atoms with Crippen molar-refractivity contribution in [3.8, 4) is 0 Å². The van der Waals surface area contributed by atoms with Crippen LogP contribution in [0, 0.1) is 0 Å². The summed E-state index contributed by atoms with van der Waals surface area (Å²) in [6.07, 6.45) is -2.75. The van der Waals surface area contributed by atoms with Gasteiger partial charge in [-0.25, -0.2) is 0 Å². The van der Waals surface area contributed by atoms with E-state index in [-0.39, 0.29) is 17.6 Å². The molecule has 0 N–H and O–H groups in total. The number of hydrogen-bond donors (Lipinski definition) is 0. The maximum absolute atomic E-state index is 13.1. The Hall–Kier alpha value is -0.900. The van der Waals surface area contributed by atoms with Gasteiger partial charge in [0.1, 0.15) is 0 Å². The topological polar surface area (TPSA) is 3.24 Å². The van der Waals surface area contributed by atoms with Crippen LogP contribution in [-0.2, 0) is 12.1 Å². The van der Waals surface area contributed by atoms with Crippen molar-refractivity contribution in [2.75, 3.05) is 11.9 Å². The van der Waals surface area contributed by atoms with Crippen LogP contribution in [0.5, 0.6) is 0 Å². The van der Waals surface area contributed by atoms with Gasteiger partial charge in [0.05, 0.1) is 5.56 Å². The summed E-state index contributed by atoms with van der Waals surface area (Å²) in [5.74, 6) is 0.0814. The predicted molar refractivity (Wildman–Crippen MR) is 73.8 cm³/mol. The fourth-order valence-electron chi connectivity index (χ4n) is 2.23. The Morgan fingerprint density at radius 1 is 1.21 bits per heavy atom. The van der Waals surface area contributed by atoms with Crippen LogP contribution in [0.25, 0.3) is 0 Å². The fraction of sp³-hybridized carbons (Fsp3) is 0.571. The van der Waals surface area contributed by atoms with E-state index < -0.39 is 11.7 Å². The lowest BCUT2D eigenvalue weighted by molar-refractivity contribution is -0.137. The van der Waals surface area contributed by atoms with Gasteiger partial charge in [-0.15, -0.1) is 11.6 Å². The van der Waals surface area contributed by atoms with E-state index in [9.17, 15) is 13.2 Å². The van der Waals surface area contributed by atoms with Crippen molar-refractivity contribution in [2.24, 2.45) is 0 Å². The van der Waals surface area contributed by atoms with E-state index in [2.05, 4.69) is 0 Å². The minimum Gasteiger partial charge on any atom is -0.371 e. The third-order valence-electron chi connectivity index (χ3n) is 3.39. The van der Waals surface area contributed by atoms with E-state index in [4.69, 9.17) is 11.6 Å². The maximum Gasteiger partial charge on any atom is 0.418 e. The van der Waals surface area contributed by atoms with Crippen LogP contribution in [0.4, 0.5) is 18.9 Å². The van der Waals surface area contributed by atoms with Crippen molar-refractivity contribution in [1.29, 1.82) is 0 Å². The minimum atomic E-state index is -4.36. The average molecular weight is 294 g/mol. The molecule has 19 heavy (non-hydrogen) atoms. The van der Waals surface area contributed by atoms with Gasteiger partial charge in [0.25, 0.3) is 0 Å². The van der Waals surface area contributed by atoms with Crippen LogP contribution in [0.2, 0.25) is 0 Å². The van der Waals surface area contributed by atoms with Crippen LogP contribution in [0.1, 0.15) is 37.8 Å². The molecule has 0 bridgehead atoms. The van der Waals surface area contributed by atoms with Crippen molar-refractivity contribution in [3.05, 3.63) is 29.3 Å². The zero-order valence-electron chi connectivity index (χ0n) is 11.4.